The number of ether oxygens (including phenoxy) is 1. The molecule has 3 aromatic heterocycles. The van der Waals surface area contributed by atoms with Gasteiger partial charge in [0.05, 0.1) is 12.7 Å². The fourth-order valence-corrected chi connectivity index (χ4v) is 4.84. The van der Waals surface area contributed by atoms with E-state index in [4.69, 9.17) is 20.8 Å². The minimum Gasteiger partial charge on any atom is -0.423 e. The summed E-state index contributed by atoms with van der Waals surface area (Å²) in [5, 5.41) is 15.3. The monoisotopic (exact) mass is 589 g/mol. The molecule has 6 rings (SSSR count). The number of fused-ring (bicyclic) bond motifs is 1. The van der Waals surface area contributed by atoms with Gasteiger partial charge in [0, 0.05) is 58.6 Å². The number of anilines is 2. The van der Waals surface area contributed by atoms with E-state index in [9.17, 15) is 4.79 Å². The summed E-state index contributed by atoms with van der Waals surface area (Å²) in [5.74, 6) is 0.752. The zero-order valence-corrected chi connectivity index (χ0v) is 25.3. The third-order valence-corrected chi connectivity index (χ3v) is 6.79. The Morgan fingerprint density at radius 1 is 1.07 bits per heavy atom. The molecule has 1 fully saturated rings. The molecule has 1 atom stereocenters. The van der Waals surface area contributed by atoms with Crippen LogP contribution in [0.5, 0.6) is 0 Å². The number of nitrogens with zero attached hydrogens (tertiary/aromatic N) is 5. The van der Waals surface area contributed by atoms with Crippen molar-refractivity contribution in [2.45, 2.75) is 47.3 Å². The molecule has 1 unspecified atom stereocenters. The lowest BCUT2D eigenvalue weighted by Gasteiger charge is -2.24. The van der Waals surface area contributed by atoms with Gasteiger partial charge in [-0.2, -0.15) is 4.98 Å². The highest BCUT2D eigenvalue weighted by molar-refractivity contribution is 6.33. The molecule has 0 bridgehead atoms. The average molecular weight is 590 g/mol. The summed E-state index contributed by atoms with van der Waals surface area (Å²) in [5.41, 5.74) is 4.02. The predicted molar refractivity (Wildman–Crippen MR) is 167 cm³/mol. The maximum absolute atomic E-state index is 13.5. The van der Waals surface area contributed by atoms with E-state index in [1.165, 1.54) is 6.39 Å². The molecule has 2 aromatic carbocycles. The zero-order valence-electron chi connectivity index (χ0n) is 24.5. The highest BCUT2D eigenvalue weighted by Gasteiger charge is 2.17. The number of morpholine rings is 1. The molecule has 1 aliphatic rings. The number of aromatic nitrogens is 5. The minimum absolute atomic E-state index is 0.0476. The van der Waals surface area contributed by atoms with E-state index >= 15 is 0 Å². The summed E-state index contributed by atoms with van der Waals surface area (Å²) in [6, 6.07) is 15.0. The Labute approximate surface area is 250 Å². The average Bonchev–Trinajstić information content (AvgIpc) is 3.59. The fraction of sp³-hybridized carbons (Fsp3) is 0.323. The van der Waals surface area contributed by atoms with Crippen LogP contribution in [-0.2, 0) is 11.3 Å². The number of rotatable bonds is 6. The van der Waals surface area contributed by atoms with Crippen LogP contribution < -0.4 is 16.2 Å². The van der Waals surface area contributed by atoms with Crippen LogP contribution in [0.25, 0.3) is 33.6 Å². The molecule has 0 amide bonds. The van der Waals surface area contributed by atoms with Gasteiger partial charge in [0.15, 0.2) is 0 Å². The number of aryl methyl sites for hydroxylation is 1. The van der Waals surface area contributed by atoms with Gasteiger partial charge in [-0.3, -0.25) is 9.36 Å². The van der Waals surface area contributed by atoms with Gasteiger partial charge in [-0.25, -0.2) is 4.98 Å². The molecule has 10 nitrogen and oxygen atoms in total. The summed E-state index contributed by atoms with van der Waals surface area (Å²) < 4.78 is 12.7. The highest BCUT2D eigenvalue weighted by Crippen LogP contribution is 2.31. The molecule has 2 N–H and O–H groups in total. The van der Waals surface area contributed by atoms with E-state index in [2.05, 4.69) is 30.8 Å². The normalized spacial score (nSPS) is 14.4. The van der Waals surface area contributed by atoms with E-state index in [1.54, 1.807) is 35.0 Å². The Balaban J connectivity index is 0.000000972. The van der Waals surface area contributed by atoms with Crippen LogP contribution in [-0.4, -0.2) is 44.4 Å². The molecule has 0 saturated carbocycles. The quantitative estimate of drug-likeness (QED) is 0.224. The number of halogens is 1. The molecule has 11 heteroatoms. The van der Waals surface area contributed by atoms with Crippen molar-refractivity contribution in [3.8, 4) is 22.6 Å². The zero-order chi connectivity index (χ0) is 30.1. The lowest BCUT2D eigenvalue weighted by Crippen LogP contribution is -2.33. The first-order valence-corrected chi connectivity index (χ1v) is 14.6. The second-order valence-corrected chi connectivity index (χ2v) is 9.24. The predicted octanol–water partition coefficient (Wildman–Crippen LogP) is 6.64. The van der Waals surface area contributed by atoms with Crippen molar-refractivity contribution in [3.05, 3.63) is 82.1 Å². The maximum Gasteiger partial charge on any atom is 0.260 e. The van der Waals surface area contributed by atoms with Gasteiger partial charge in [0.25, 0.3) is 5.56 Å². The summed E-state index contributed by atoms with van der Waals surface area (Å²) >= 11 is 6.59. The van der Waals surface area contributed by atoms with Crippen molar-refractivity contribution in [2.75, 3.05) is 25.0 Å². The summed E-state index contributed by atoms with van der Waals surface area (Å²) in [4.78, 5) is 22.7. The second kappa shape index (κ2) is 14.7. The molecule has 1 saturated heterocycles. The number of benzene rings is 2. The van der Waals surface area contributed by atoms with Gasteiger partial charge in [-0.05, 0) is 42.8 Å². The third-order valence-electron chi connectivity index (χ3n) is 6.48. The molecule has 220 valence electrons. The second-order valence-electron chi connectivity index (χ2n) is 8.83. The Morgan fingerprint density at radius 3 is 2.50 bits per heavy atom. The summed E-state index contributed by atoms with van der Waals surface area (Å²) in [7, 11) is 0. The van der Waals surface area contributed by atoms with Gasteiger partial charge >= 0.3 is 0 Å². The van der Waals surface area contributed by atoms with E-state index in [0.29, 0.717) is 52.4 Å². The fourth-order valence-electron chi connectivity index (χ4n) is 4.56. The van der Waals surface area contributed by atoms with E-state index < -0.39 is 0 Å². The summed E-state index contributed by atoms with van der Waals surface area (Å²) in [6.07, 6.45) is 3.01. The molecule has 42 heavy (non-hydrogen) atoms. The first-order chi connectivity index (χ1) is 20.6. The van der Waals surface area contributed by atoms with Gasteiger partial charge < -0.3 is 19.8 Å². The van der Waals surface area contributed by atoms with Gasteiger partial charge in [0.1, 0.15) is 5.65 Å². The molecule has 0 radical (unpaired) electrons. The summed E-state index contributed by atoms with van der Waals surface area (Å²) in [6.45, 7) is 12.7. The van der Waals surface area contributed by atoms with Gasteiger partial charge in [-0.15, -0.1) is 10.2 Å². The topological polar surface area (TPSA) is 120 Å². The highest BCUT2D eigenvalue weighted by atomic mass is 35.5. The first kappa shape index (κ1) is 30.8. The van der Waals surface area contributed by atoms with Gasteiger partial charge in [-0.1, -0.05) is 57.5 Å². The van der Waals surface area contributed by atoms with Crippen LogP contribution in [0.4, 0.5) is 11.6 Å². The van der Waals surface area contributed by atoms with Crippen LogP contribution in [0.1, 0.15) is 46.3 Å². The lowest BCUT2D eigenvalue weighted by atomic mass is 10.0. The number of pyridine rings is 1. The third kappa shape index (κ3) is 6.67. The molecule has 0 spiro atoms. The van der Waals surface area contributed by atoms with E-state index in [1.807, 2.05) is 58.9 Å². The molecule has 0 aliphatic carbocycles. The maximum atomic E-state index is 13.5. The number of hydrogen-bond donors (Lipinski definition) is 2. The molecule has 4 heterocycles. The van der Waals surface area contributed by atoms with Crippen LogP contribution in [0.3, 0.4) is 0 Å². The van der Waals surface area contributed by atoms with Crippen molar-refractivity contribution in [3.63, 3.8) is 0 Å². The molecule has 1 aliphatic heterocycles. The van der Waals surface area contributed by atoms with Crippen molar-refractivity contribution < 1.29 is 9.15 Å². The Bertz CT molecular complexity index is 1650. The minimum atomic E-state index is -0.192. The van der Waals surface area contributed by atoms with Crippen LogP contribution in [0, 0.1) is 0 Å². The largest absolute Gasteiger partial charge is 0.423 e. The number of nitrogens with one attached hydrogen (secondary N) is 2. The van der Waals surface area contributed by atoms with E-state index in [0.717, 1.165) is 29.7 Å². The number of hydrogen-bond acceptors (Lipinski definition) is 9. The van der Waals surface area contributed by atoms with E-state index in [-0.39, 0.29) is 11.7 Å². The smallest absolute Gasteiger partial charge is 0.260 e. The van der Waals surface area contributed by atoms with Crippen molar-refractivity contribution in [2.24, 2.45) is 0 Å². The van der Waals surface area contributed by atoms with Crippen molar-refractivity contribution in [1.29, 1.82) is 0 Å². The van der Waals surface area contributed by atoms with Crippen LogP contribution >= 0.6 is 11.6 Å². The molecular formula is C31H36ClN7O3. The SMILES string of the molecule is CC.CC.CCn1c(=O)c(-c2ccc(-c3nnco3)cc2Cl)cc2cnc(Nc3ccc(C4CNCCO4)cc3)nc21. The standard InChI is InChI=1S/C27H24ClN7O3.2C2H6/c1-2-35-24-18(11-21(26(35)36)20-8-5-17(12-22(20)28)25-34-31-15-38-25)13-30-27(33-24)32-19-6-3-16(4-7-19)23-14-29-9-10-37-23;2*1-2/h3-8,11-13,15,23,29H,2,9-10,14H2,1H3,(H,30,32,33);2*1-2H3. The van der Waals surface area contributed by atoms with Crippen LogP contribution in [0.15, 0.2) is 70.3 Å². The Hall–Kier alpha value is -4.12. The lowest BCUT2D eigenvalue weighted by molar-refractivity contribution is 0.0277. The van der Waals surface area contributed by atoms with Gasteiger partial charge in [0.2, 0.25) is 18.2 Å². The van der Waals surface area contributed by atoms with Crippen molar-refractivity contribution in [1.82, 2.24) is 30.0 Å². The Morgan fingerprint density at radius 2 is 1.86 bits per heavy atom. The first-order valence-electron chi connectivity index (χ1n) is 14.3. The van der Waals surface area contributed by atoms with Crippen molar-refractivity contribution >= 4 is 34.3 Å². The molecular weight excluding hydrogens is 554 g/mol. The van der Waals surface area contributed by atoms with Crippen LogP contribution in [0.2, 0.25) is 5.02 Å². The molecule has 5 aromatic rings. The Kier molecular flexibility index (Phi) is 10.8.